The van der Waals surface area contributed by atoms with Crippen molar-refractivity contribution in [3.63, 3.8) is 0 Å². The Balaban J connectivity index is 1.17. The minimum Gasteiger partial charge on any atom is -0.310 e. The fourth-order valence-electron chi connectivity index (χ4n) is 7.48. The van der Waals surface area contributed by atoms with Crippen LogP contribution in [0.25, 0.3) is 86.3 Å². The van der Waals surface area contributed by atoms with E-state index in [1.54, 1.807) is 0 Å². The van der Waals surface area contributed by atoms with Crippen molar-refractivity contribution < 1.29 is 0 Å². The number of hydrogen-bond donors (Lipinski definition) is 0. The van der Waals surface area contributed by atoms with E-state index >= 15 is 0 Å². The second-order valence-corrected chi connectivity index (χ2v) is 13.1. The first-order valence-corrected chi connectivity index (χ1v) is 16.5. The van der Waals surface area contributed by atoms with Gasteiger partial charge in [-0.25, -0.2) is 0 Å². The maximum absolute atomic E-state index is 2.43. The van der Waals surface area contributed by atoms with E-state index in [9.17, 15) is 0 Å². The molecule has 0 fully saturated rings. The summed E-state index contributed by atoms with van der Waals surface area (Å²) < 4.78 is 7.52. The Kier molecular flexibility index (Phi) is 5.31. The molecule has 0 saturated carbocycles. The predicted octanol–water partition coefficient (Wildman–Crippen LogP) is 12.1. The Morgan fingerprint density at radius 3 is 1.76 bits per heavy atom. The van der Waals surface area contributed by atoms with Gasteiger partial charge in [0.05, 0.1) is 22.1 Å². The zero-order valence-corrected chi connectivity index (χ0v) is 25.4. The van der Waals surface area contributed by atoms with Crippen LogP contribution in [0.4, 0.5) is 0 Å². The quantitative estimate of drug-likeness (QED) is 0.193. The molecule has 10 rings (SSSR count). The number of allylic oxidation sites excluding steroid dienone is 4. The zero-order chi connectivity index (χ0) is 29.5. The van der Waals surface area contributed by atoms with Gasteiger partial charge in [-0.1, -0.05) is 78.9 Å². The number of aromatic nitrogens is 2. The van der Waals surface area contributed by atoms with Crippen molar-refractivity contribution in [1.29, 1.82) is 0 Å². The molecule has 0 amide bonds. The van der Waals surface area contributed by atoms with Gasteiger partial charge in [0.25, 0.3) is 0 Å². The molecule has 0 bridgehead atoms. The summed E-state index contributed by atoms with van der Waals surface area (Å²) in [5.41, 5.74) is 9.92. The molecule has 0 atom stereocenters. The van der Waals surface area contributed by atoms with E-state index in [0.29, 0.717) is 0 Å². The third-order valence-electron chi connectivity index (χ3n) is 9.53. The van der Waals surface area contributed by atoms with E-state index in [0.717, 1.165) is 12.8 Å². The number of hydrogen-bond acceptors (Lipinski definition) is 1. The summed E-state index contributed by atoms with van der Waals surface area (Å²) in [7, 11) is 0. The van der Waals surface area contributed by atoms with Crippen LogP contribution in [-0.2, 0) is 0 Å². The Morgan fingerprint density at radius 1 is 0.444 bits per heavy atom. The molecule has 0 aliphatic heterocycles. The molecule has 9 aromatic rings. The highest BCUT2D eigenvalue weighted by Gasteiger charge is 2.17. The van der Waals surface area contributed by atoms with Crippen LogP contribution in [0, 0.1) is 0 Å². The summed E-state index contributed by atoms with van der Waals surface area (Å²) in [6, 6.07) is 47.3. The molecule has 0 N–H and O–H groups in total. The molecule has 212 valence electrons. The van der Waals surface area contributed by atoms with E-state index in [-0.39, 0.29) is 0 Å². The van der Waals surface area contributed by atoms with Gasteiger partial charge in [-0.2, -0.15) is 0 Å². The molecular formula is C42H28N2S. The fraction of sp³-hybridized carbons (Fsp3) is 0.0476. The van der Waals surface area contributed by atoms with Crippen molar-refractivity contribution in [3.8, 4) is 16.8 Å². The second-order valence-electron chi connectivity index (χ2n) is 12.1. The topological polar surface area (TPSA) is 9.86 Å². The van der Waals surface area contributed by atoms with Crippen molar-refractivity contribution in [1.82, 2.24) is 9.13 Å². The fourth-order valence-corrected chi connectivity index (χ4v) is 8.57. The summed E-state index contributed by atoms with van der Waals surface area (Å²) in [5.74, 6) is 0. The van der Waals surface area contributed by atoms with E-state index in [4.69, 9.17) is 0 Å². The molecule has 1 aliphatic carbocycles. The van der Waals surface area contributed by atoms with Crippen LogP contribution in [0.3, 0.4) is 0 Å². The van der Waals surface area contributed by atoms with Crippen LogP contribution in [-0.4, -0.2) is 9.13 Å². The Hall–Kier alpha value is -5.38. The lowest BCUT2D eigenvalue weighted by atomic mass is 10.0. The maximum Gasteiger partial charge on any atom is 0.0541 e. The molecule has 0 unspecified atom stereocenters. The Bertz CT molecular complexity index is 2710. The van der Waals surface area contributed by atoms with E-state index in [2.05, 4.69) is 155 Å². The average Bonchev–Trinajstić information content (AvgIpc) is 3.75. The van der Waals surface area contributed by atoms with Gasteiger partial charge >= 0.3 is 0 Å². The number of para-hydroxylation sites is 2. The normalized spacial score (nSPS) is 13.6. The van der Waals surface area contributed by atoms with Crippen LogP contribution >= 0.6 is 11.3 Å². The van der Waals surface area contributed by atoms with Gasteiger partial charge in [-0.05, 0) is 90.7 Å². The highest BCUT2D eigenvalue weighted by Crippen LogP contribution is 2.40. The maximum atomic E-state index is 2.43. The number of rotatable bonds is 3. The third kappa shape index (κ3) is 3.68. The van der Waals surface area contributed by atoms with Gasteiger partial charge in [0.15, 0.2) is 0 Å². The summed E-state index contributed by atoms with van der Waals surface area (Å²) >= 11 is 1.87. The van der Waals surface area contributed by atoms with Crippen LogP contribution in [0.5, 0.6) is 0 Å². The van der Waals surface area contributed by atoms with Crippen LogP contribution in [0.2, 0.25) is 0 Å². The highest BCUT2D eigenvalue weighted by atomic mass is 32.1. The third-order valence-corrected chi connectivity index (χ3v) is 10.7. The lowest BCUT2D eigenvalue weighted by molar-refractivity contribution is 1.02. The van der Waals surface area contributed by atoms with Gasteiger partial charge in [-0.3, -0.25) is 0 Å². The minimum atomic E-state index is 1.09. The molecule has 3 aromatic heterocycles. The smallest absolute Gasteiger partial charge is 0.0541 e. The van der Waals surface area contributed by atoms with E-state index < -0.39 is 0 Å². The first-order chi connectivity index (χ1) is 22.3. The van der Waals surface area contributed by atoms with E-state index in [1.165, 1.54) is 86.3 Å². The van der Waals surface area contributed by atoms with Gasteiger partial charge in [-0.15, -0.1) is 11.3 Å². The summed E-state index contributed by atoms with van der Waals surface area (Å²) in [5, 5.41) is 7.79. The van der Waals surface area contributed by atoms with Crippen LogP contribution < -0.4 is 0 Å². The number of nitrogens with zero attached hydrogens (tertiary/aromatic N) is 2. The molecule has 3 heterocycles. The number of benzene rings is 6. The SMILES string of the molecule is C1=CC(n2c3ccccc3c3cc(-c4ccc5c(c4)c4ccccc4n5-c4ccc5sc6ccccc6c5c4)ccc32)=CCC1. The van der Waals surface area contributed by atoms with E-state index in [1.807, 2.05) is 11.3 Å². The molecule has 0 radical (unpaired) electrons. The molecule has 45 heavy (non-hydrogen) atoms. The lowest BCUT2D eigenvalue weighted by Gasteiger charge is -2.12. The zero-order valence-electron chi connectivity index (χ0n) is 24.6. The summed E-state index contributed by atoms with van der Waals surface area (Å²) in [6.07, 6.45) is 9.12. The van der Waals surface area contributed by atoms with Crippen molar-refractivity contribution in [3.05, 3.63) is 146 Å². The average molecular weight is 593 g/mol. The van der Waals surface area contributed by atoms with Gasteiger partial charge in [0, 0.05) is 53.1 Å². The van der Waals surface area contributed by atoms with Crippen molar-refractivity contribution >= 4 is 80.8 Å². The Labute approximate surface area is 264 Å². The molecule has 6 aromatic carbocycles. The first-order valence-electron chi connectivity index (χ1n) is 15.7. The molecule has 3 heteroatoms. The van der Waals surface area contributed by atoms with Gasteiger partial charge in [0.1, 0.15) is 0 Å². The van der Waals surface area contributed by atoms with Crippen LogP contribution in [0.15, 0.2) is 146 Å². The summed E-state index contributed by atoms with van der Waals surface area (Å²) in [4.78, 5) is 0. The molecule has 2 nitrogen and oxygen atoms in total. The monoisotopic (exact) mass is 592 g/mol. The number of thiophene rings is 1. The molecule has 1 aliphatic rings. The highest BCUT2D eigenvalue weighted by molar-refractivity contribution is 7.25. The largest absolute Gasteiger partial charge is 0.310 e. The van der Waals surface area contributed by atoms with Crippen molar-refractivity contribution in [2.24, 2.45) is 0 Å². The molecular weight excluding hydrogens is 565 g/mol. The van der Waals surface area contributed by atoms with Crippen molar-refractivity contribution in [2.75, 3.05) is 0 Å². The van der Waals surface area contributed by atoms with Crippen LogP contribution in [0.1, 0.15) is 12.8 Å². The molecule has 0 saturated heterocycles. The molecule has 0 spiro atoms. The summed E-state index contributed by atoms with van der Waals surface area (Å²) in [6.45, 7) is 0. The van der Waals surface area contributed by atoms with Crippen molar-refractivity contribution in [2.45, 2.75) is 12.8 Å². The van der Waals surface area contributed by atoms with Gasteiger partial charge in [0.2, 0.25) is 0 Å². The van der Waals surface area contributed by atoms with Gasteiger partial charge < -0.3 is 9.13 Å². The second kappa shape index (κ2) is 9.56. The first kappa shape index (κ1) is 25.0. The number of fused-ring (bicyclic) bond motifs is 9. The standard InChI is InChI=1S/C42H28N2S/c1-2-10-29(11-3-1)43-37-15-7-4-12-31(37)34-24-27(18-21-39(34)43)28-19-22-40-35(25-28)32-13-5-8-16-38(32)44(40)30-20-23-42-36(26-30)33-14-6-9-17-41(33)45-42/h2,4-26H,1,3H2. The Morgan fingerprint density at radius 2 is 1.04 bits per heavy atom. The minimum absolute atomic E-state index is 1.09. The lowest BCUT2D eigenvalue weighted by Crippen LogP contribution is -1.96. The predicted molar refractivity (Wildman–Crippen MR) is 195 cm³/mol.